The third-order valence-electron chi connectivity index (χ3n) is 4.98. The van der Waals surface area contributed by atoms with Crippen LogP contribution < -0.4 is 0 Å². The predicted molar refractivity (Wildman–Crippen MR) is 122 cm³/mol. The lowest BCUT2D eigenvalue weighted by Gasteiger charge is -2.44. The van der Waals surface area contributed by atoms with Crippen LogP contribution in [0.2, 0.25) is 10.0 Å². The van der Waals surface area contributed by atoms with E-state index in [1.807, 2.05) is 0 Å². The summed E-state index contributed by atoms with van der Waals surface area (Å²) in [5.74, 6) is -0.924. The average molecular weight is 518 g/mol. The molecular weight excluding hydrogens is 497 g/mol. The Morgan fingerprint density at radius 3 is 1.97 bits per heavy atom. The second-order valence-electron chi connectivity index (χ2n) is 8.96. The number of amides is 1. The largest absolute Gasteiger partial charge is 0.444 e. The van der Waals surface area contributed by atoms with Gasteiger partial charge in [-0.25, -0.2) is 9.18 Å². The molecule has 0 N–H and O–H groups in total. The Morgan fingerprint density at radius 1 is 0.971 bits per heavy atom. The van der Waals surface area contributed by atoms with E-state index in [9.17, 15) is 22.8 Å². The van der Waals surface area contributed by atoms with E-state index in [1.165, 1.54) is 35.2 Å². The van der Waals surface area contributed by atoms with Gasteiger partial charge >= 0.3 is 12.3 Å². The summed E-state index contributed by atoms with van der Waals surface area (Å²) >= 11 is 11.6. The van der Waals surface area contributed by atoms with Gasteiger partial charge in [0.25, 0.3) is 0 Å². The number of alkyl halides is 4. The van der Waals surface area contributed by atoms with Crippen LogP contribution in [0, 0.1) is 0 Å². The van der Waals surface area contributed by atoms with Crippen molar-refractivity contribution >= 4 is 40.7 Å². The quantitative estimate of drug-likeness (QED) is 0.244. The minimum atomic E-state index is -4.84. The van der Waals surface area contributed by atoms with Gasteiger partial charge in [0, 0.05) is 15.6 Å². The molecule has 3 rings (SSSR count). The summed E-state index contributed by atoms with van der Waals surface area (Å²) in [5, 5.41) is -0.0211. The molecule has 10 heteroatoms. The number of allylic oxidation sites excluding steroid dienone is 2. The standard InChI is InChI=1S/C24H21Cl2F4NO3/c1-22(2,3)34-21(33)31-12-23(27,13-31)16-6-4-14(5-7-16)20(32)11-19(24(28,29)30)15-8-17(25)10-18(26)9-15/h4-11H,12-13H2,1-3H3/b19-11+. The number of carbonyl (C=O) groups is 2. The van der Waals surface area contributed by atoms with Crippen LogP contribution in [0.15, 0.2) is 48.5 Å². The van der Waals surface area contributed by atoms with Gasteiger partial charge in [-0.1, -0.05) is 47.5 Å². The zero-order valence-electron chi connectivity index (χ0n) is 18.5. The van der Waals surface area contributed by atoms with Crippen LogP contribution in [0.1, 0.15) is 42.3 Å². The van der Waals surface area contributed by atoms with Crippen LogP contribution >= 0.6 is 23.2 Å². The number of ketones is 1. The van der Waals surface area contributed by atoms with Crippen molar-refractivity contribution in [3.63, 3.8) is 0 Å². The number of rotatable bonds is 4. The molecule has 0 bridgehead atoms. The second-order valence-corrected chi connectivity index (χ2v) is 9.83. The highest BCUT2D eigenvalue weighted by Crippen LogP contribution is 2.38. The van der Waals surface area contributed by atoms with E-state index in [2.05, 4.69) is 0 Å². The maximum absolute atomic E-state index is 15.2. The molecule has 1 amide bonds. The molecular formula is C24H21Cl2F4NO3. The zero-order valence-corrected chi connectivity index (χ0v) is 20.0. The number of benzene rings is 2. The Kier molecular flexibility index (Phi) is 7.06. The molecule has 34 heavy (non-hydrogen) atoms. The number of likely N-dealkylation sites (tertiary alicyclic amines) is 1. The normalized spacial score (nSPS) is 16.1. The van der Waals surface area contributed by atoms with Gasteiger partial charge in [-0.05, 0) is 56.2 Å². The first-order valence-electron chi connectivity index (χ1n) is 10.1. The van der Waals surface area contributed by atoms with Gasteiger partial charge in [-0.2, -0.15) is 13.2 Å². The molecule has 2 aromatic rings. The Morgan fingerprint density at radius 2 is 1.50 bits per heavy atom. The first kappa shape index (κ1) is 26.0. The summed E-state index contributed by atoms with van der Waals surface area (Å²) < 4.78 is 61.2. The van der Waals surface area contributed by atoms with Crippen molar-refractivity contribution in [2.45, 2.75) is 38.2 Å². The van der Waals surface area contributed by atoms with Crippen molar-refractivity contribution < 1.29 is 31.9 Å². The molecule has 1 aliphatic rings. The lowest BCUT2D eigenvalue weighted by atomic mass is 9.87. The van der Waals surface area contributed by atoms with E-state index in [4.69, 9.17) is 27.9 Å². The van der Waals surface area contributed by atoms with Crippen molar-refractivity contribution in [1.82, 2.24) is 4.90 Å². The molecule has 0 spiro atoms. The van der Waals surface area contributed by atoms with Crippen molar-refractivity contribution in [3.05, 3.63) is 75.3 Å². The first-order valence-corrected chi connectivity index (χ1v) is 10.9. The molecule has 182 valence electrons. The van der Waals surface area contributed by atoms with E-state index in [0.29, 0.717) is 6.08 Å². The summed E-state index contributed by atoms with van der Waals surface area (Å²) in [6.45, 7) is 4.62. The minimum Gasteiger partial charge on any atom is -0.444 e. The van der Waals surface area contributed by atoms with Crippen LogP contribution in [0.25, 0.3) is 5.57 Å². The van der Waals surface area contributed by atoms with E-state index < -0.39 is 34.9 Å². The molecule has 1 aliphatic heterocycles. The lowest BCUT2D eigenvalue weighted by molar-refractivity contribution is -0.0690. The molecule has 0 saturated carbocycles. The topological polar surface area (TPSA) is 46.6 Å². The Hall–Kier alpha value is -2.58. The van der Waals surface area contributed by atoms with Crippen LogP contribution in [0.5, 0.6) is 0 Å². The maximum atomic E-state index is 15.2. The molecule has 2 aromatic carbocycles. The van der Waals surface area contributed by atoms with Crippen LogP contribution in [-0.4, -0.2) is 41.6 Å². The molecule has 1 saturated heterocycles. The van der Waals surface area contributed by atoms with E-state index in [1.54, 1.807) is 20.8 Å². The number of carbonyl (C=O) groups excluding carboxylic acids is 2. The Labute approximate surface area is 204 Å². The fourth-order valence-electron chi connectivity index (χ4n) is 3.38. The van der Waals surface area contributed by atoms with E-state index in [0.717, 1.165) is 12.1 Å². The second kappa shape index (κ2) is 9.23. The minimum absolute atomic E-state index is 0.0105. The molecule has 0 aromatic heterocycles. The first-order chi connectivity index (χ1) is 15.6. The molecule has 1 heterocycles. The number of hydrogen-bond donors (Lipinski definition) is 0. The summed E-state index contributed by atoms with van der Waals surface area (Å²) in [5.41, 5.74) is -3.99. The van der Waals surface area contributed by atoms with E-state index in [-0.39, 0.29) is 39.8 Å². The van der Waals surface area contributed by atoms with Gasteiger partial charge in [0.1, 0.15) is 5.60 Å². The van der Waals surface area contributed by atoms with Crippen molar-refractivity contribution in [1.29, 1.82) is 0 Å². The molecule has 1 fully saturated rings. The number of ether oxygens (including phenoxy) is 1. The highest BCUT2D eigenvalue weighted by molar-refractivity contribution is 6.35. The molecule has 0 atom stereocenters. The SMILES string of the molecule is CC(C)(C)OC(=O)N1CC(F)(c2ccc(C(=O)/C=C(\c3cc(Cl)cc(Cl)c3)C(F)(F)F)cc2)C1. The van der Waals surface area contributed by atoms with Crippen molar-refractivity contribution in [2.24, 2.45) is 0 Å². The molecule has 0 unspecified atom stereocenters. The highest BCUT2D eigenvalue weighted by atomic mass is 35.5. The van der Waals surface area contributed by atoms with Gasteiger partial charge in [-0.15, -0.1) is 0 Å². The number of hydrogen-bond acceptors (Lipinski definition) is 3. The number of nitrogens with zero attached hydrogens (tertiary/aromatic N) is 1. The zero-order chi connectivity index (χ0) is 25.5. The molecule has 0 radical (unpaired) electrons. The third-order valence-corrected chi connectivity index (χ3v) is 5.41. The molecule has 4 nitrogen and oxygen atoms in total. The summed E-state index contributed by atoms with van der Waals surface area (Å²) in [4.78, 5) is 25.8. The number of halogens is 6. The van der Waals surface area contributed by atoms with E-state index >= 15 is 4.39 Å². The predicted octanol–water partition coefficient (Wildman–Crippen LogP) is 7.24. The van der Waals surface area contributed by atoms with Gasteiger partial charge < -0.3 is 9.64 Å². The summed E-state index contributed by atoms with van der Waals surface area (Å²) in [6, 6.07) is 8.51. The lowest BCUT2D eigenvalue weighted by Crippen LogP contribution is -2.59. The monoisotopic (exact) mass is 517 g/mol. The molecule has 0 aliphatic carbocycles. The van der Waals surface area contributed by atoms with Gasteiger partial charge in [0.15, 0.2) is 11.5 Å². The van der Waals surface area contributed by atoms with Crippen molar-refractivity contribution in [3.8, 4) is 0 Å². The Balaban J connectivity index is 1.78. The summed E-state index contributed by atoms with van der Waals surface area (Å²) in [6.07, 6.45) is -5.03. The fourth-order valence-corrected chi connectivity index (χ4v) is 3.91. The van der Waals surface area contributed by atoms with Crippen LogP contribution in [-0.2, 0) is 10.4 Å². The Bertz CT molecular complexity index is 1110. The van der Waals surface area contributed by atoms with Crippen molar-refractivity contribution in [2.75, 3.05) is 13.1 Å². The van der Waals surface area contributed by atoms with Crippen LogP contribution in [0.4, 0.5) is 22.4 Å². The smallest absolute Gasteiger partial charge is 0.417 e. The van der Waals surface area contributed by atoms with Crippen LogP contribution in [0.3, 0.4) is 0 Å². The third kappa shape index (κ3) is 6.10. The average Bonchev–Trinajstić information content (AvgIpc) is 2.66. The summed E-state index contributed by atoms with van der Waals surface area (Å²) in [7, 11) is 0. The van der Waals surface area contributed by atoms with Gasteiger partial charge in [-0.3, -0.25) is 4.79 Å². The highest BCUT2D eigenvalue weighted by Gasteiger charge is 2.48. The maximum Gasteiger partial charge on any atom is 0.417 e. The fraction of sp³-hybridized carbons (Fsp3) is 0.333. The van der Waals surface area contributed by atoms with Gasteiger partial charge in [0.2, 0.25) is 0 Å². The van der Waals surface area contributed by atoms with Gasteiger partial charge in [0.05, 0.1) is 18.7 Å².